The van der Waals surface area contributed by atoms with Gasteiger partial charge in [-0.2, -0.15) is 0 Å². The van der Waals surface area contributed by atoms with E-state index in [0.29, 0.717) is 0 Å². The zero-order chi connectivity index (χ0) is 6.69. The summed E-state index contributed by atoms with van der Waals surface area (Å²) in [6, 6.07) is 0. The van der Waals surface area contributed by atoms with Gasteiger partial charge in [0.25, 0.3) is 5.24 Å². The van der Waals surface area contributed by atoms with Gasteiger partial charge >= 0.3 is 0 Å². The highest BCUT2D eigenvalue weighted by atomic mass is 32.2. The normalized spacial score (nSPS) is 20.4. The molecule has 0 saturated carbocycles. The van der Waals surface area contributed by atoms with Crippen molar-refractivity contribution in [3.8, 4) is 0 Å². The first-order chi connectivity index (χ1) is 4.29. The maximum atomic E-state index is 10.3. The van der Waals surface area contributed by atoms with Crippen LogP contribution < -0.4 is 5.73 Å². The van der Waals surface area contributed by atoms with E-state index in [4.69, 9.17) is 5.73 Å². The highest BCUT2D eigenvalue weighted by Crippen LogP contribution is 2.17. The fraction of sp³-hybridized carbons (Fsp3) is 0.800. The zero-order valence-electron chi connectivity index (χ0n) is 5.17. The van der Waals surface area contributed by atoms with E-state index >= 15 is 0 Å². The summed E-state index contributed by atoms with van der Waals surface area (Å²) in [5.74, 6) is 0. The van der Waals surface area contributed by atoms with Crippen LogP contribution >= 0.6 is 11.9 Å². The van der Waals surface area contributed by atoms with E-state index in [-0.39, 0.29) is 5.24 Å². The van der Waals surface area contributed by atoms with Crippen molar-refractivity contribution in [3.05, 3.63) is 0 Å². The molecule has 0 atom stereocenters. The molecule has 3 nitrogen and oxygen atoms in total. The lowest BCUT2D eigenvalue weighted by Crippen LogP contribution is -2.16. The SMILES string of the molecule is NC(=O)SN1CCCC1. The fourth-order valence-corrected chi connectivity index (χ4v) is 1.60. The molecule has 9 heavy (non-hydrogen) atoms. The van der Waals surface area contributed by atoms with Crippen molar-refractivity contribution in [1.82, 2.24) is 4.31 Å². The highest BCUT2D eigenvalue weighted by molar-refractivity contribution is 8.11. The average molecular weight is 146 g/mol. The summed E-state index contributed by atoms with van der Waals surface area (Å²) in [7, 11) is 0. The molecule has 0 radical (unpaired) electrons. The molecule has 4 heteroatoms. The van der Waals surface area contributed by atoms with Crippen LogP contribution in [-0.2, 0) is 0 Å². The van der Waals surface area contributed by atoms with Gasteiger partial charge in [0.2, 0.25) is 0 Å². The van der Waals surface area contributed by atoms with Crippen LogP contribution in [0.25, 0.3) is 0 Å². The number of nitrogens with two attached hydrogens (primary N) is 1. The van der Waals surface area contributed by atoms with Crippen LogP contribution in [0.15, 0.2) is 0 Å². The number of nitrogens with zero attached hydrogens (tertiary/aromatic N) is 1. The molecule has 52 valence electrons. The molecular weight excluding hydrogens is 136 g/mol. The van der Waals surface area contributed by atoms with Gasteiger partial charge in [-0.1, -0.05) is 0 Å². The number of hydrogen-bond donors (Lipinski definition) is 1. The van der Waals surface area contributed by atoms with E-state index in [9.17, 15) is 4.79 Å². The molecule has 0 aromatic carbocycles. The predicted octanol–water partition coefficient (Wildman–Crippen LogP) is 0.809. The third kappa shape index (κ3) is 2.24. The molecule has 0 bridgehead atoms. The number of hydrogen-bond acceptors (Lipinski definition) is 3. The lowest BCUT2D eigenvalue weighted by atomic mass is 10.4. The monoisotopic (exact) mass is 146 g/mol. The largest absolute Gasteiger partial charge is 0.359 e. The van der Waals surface area contributed by atoms with E-state index in [1.165, 1.54) is 12.8 Å². The van der Waals surface area contributed by atoms with Crippen LogP contribution in [0.1, 0.15) is 12.8 Å². The Bertz CT molecular complexity index is 112. The van der Waals surface area contributed by atoms with Crippen molar-refractivity contribution in [2.45, 2.75) is 12.8 Å². The maximum absolute atomic E-state index is 10.3. The highest BCUT2D eigenvalue weighted by Gasteiger charge is 2.13. The lowest BCUT2D eigenvalue weighted by molar-refractivity contribution is 0.266. The second kappa shape index (κ2) is 3.08. The van der Waals surface area contributed by atoms with E-state index in [2.05, 4.69) is 0 Å². The molecule has 0 unspecified atom stereocenters. The van der Waals surface area contributed by atoms with Gasteiger partial charge in [0.15, 0.2) is 0 Å². The summed E-state index contributed by atoms with van der Waals surface area (Å²) in [4.78, 5) is 10.3. The summed E-state index contributed by atoms with van der Waals surface area (Å²) in [6.45, 7) is 2.02. The van der Waals surface area contributed by atoms with E-state index in [1.54, 1.807) is 0 Å². The third-order valence-electron chi connectivity index (χ3n) is 1.28. The second-order valence-electron chi connectivity index (χ2n) is 2.05. The summed E-state index contributed by atoms with van der Waals surface area (Å²) < 4.78 is 2.00. The Labute approximate surface area is 58.7 Å². The number of carbonyl (C=O) groups excluding carboxylic acids is 1. The Morgan fingerprint density at radius 2 is 2.00 bits per heavy atom. The molecule has 0 spiro atoms. The van der Waals surface area contributed by atoms with Gasteiger partial charge in [0.1, 0.15) is 0 Å². The standard InChI is InChI=1S/C5H10N2OS/c6-5(8)9-7-3-1-2-4-7/h1-4H2,(H2,6,8). The summed E-state index contributed by atoms with van der Waals surface area (Å²) in [5, 5.41) is -0.295. The molecule has 2 N–H and O–H groups in total. The lowest BCUT2D eigenvalue weighted by Gasteiger charge is -2.08. The first-order valence-electron chi connectivity index (χ1n) is 3.01. The molecule has 1 aliphatic heterocycles. The number of carbonyl (C=O) groups is 1. The first kappa shape index (κ1) is 6.89. The Hall–Kier alpha value is -0.220. The van der Waals surface area contributed by atoms with Gasteiger partial charge in [-0.25, -0.2) is 4.31 Å². The molecule has 1 saturated heterocycles. The van der Waals surface area contributed by atoms with Crippen LogP contribution in [0.5, 0.6) is 0 Å². The van der Waals surface area contributed by atoms with Gasteiger partial charge < -0.3 is 5.73 Å². The van der Waals surface area contributed by atoms with Gasteiger partial charge in [0, 0.05) is 25.0 Å². The molecule has 1 aliphatic rings. The number of primary amides is 1. The molecule has 0 aromatic rings. The molecular formula is C5H10N2OS. The van der Waals surface area contributed by atoms with Crippen LogP contribution in [0, 0.1) is 0 Å². The maximum Gasteiger partial charge on any atom is 0.291 e. The Morgan fingerprint density at radius 3 is 2.44 bits per heavy atom. The quantitative estimate of drug-likeness (QED) is 0.557. The molecule has 1 fully saturated rings. The minimum absolute atomic E-state index is 0.295. The fourth-order valence-electron chi connectivity index (χ4n) is 0.907. The van der Waals surface area contributed by atoms with Gasteiger partial charge in [0.05, 0.1) is 0 Å². The molecule has 1 heterocycles. The van der Waals surface area contributed by atoms with E-state index in [1.807, 2.05) is 4.31 Å². The van der Waals surface area contributed by atoms with Crippen molar-refractivity contribution in [2.75, 3.05) is 13.1 Å². The Kier molecular flexibility index (Phi) is 2.36. The zero-order valence-corrected chi connectivity index (χ0v) is 5.99. The van der Waals surface area contributed by atoms with Crippen molar-refractivity contribution in [1.29, 1.82) is 0 Å². The van der Waals surface area contributed by atoms with E-state index < -0.39 is 0 Å². The van der Waals surface area contributed by atoms with Crippen molar-refractivity contribution >= 4 is 17.2 Å². The Balaban J connectivity index is 2.19. The van der Waals surface area contributed by atoms with Gasteiger partial charge in [-0.05, 0) is 12.8 Å². The van der Waals surface area contributed by atoms with Crippen molar-refractivity contribution in [3.63, 3.8) is 0 Å². The van der Waals surface area contributed by atoms with Crippen LogP contribution in [0.3, 0.4) is 0 Å². The van der Waals surface area contributed by atoms with Crippen LogP contribution in [-0.4, -0.2) is 22.6 Å². The molecule has 0 aliphatic carbocycles. The smallest absolute Gasteiger partial charge is 0.291 e. The van der Waals surface area contributed by atoms with Gasteiger partial charge in [-0.15, -0.1) is 0 Å². The number of amides is 1. The Morgan fingerprint density at radius 1 is 1.44 bits per heavy atom. The summed E-state index contributed by atoms with van der Waals surface area (Å²) in [5.41, 5.74) is 4.95. The number of rotatable bonds is 1. The molecule has 1 rings (SSSR count). The minimum Gasteiger partial charge on any atom is -0.359 e. The van der Waals surface area contributed by atoms with Gasteiger partial charge in [-0.3, -0.25) is 4.79 Å². The summed E-state index contributed by atoms with van der Waals surface area (Å²) in [6.07, 6.45) is 2.39. The van der Waals surface area contributed by atoms with Crippen LogP contribution in [0.4, 0.5) is 4.79 Å². The van der Waals surface area contributed by atoms with E-state index in [0.717, 1.165) is 25.0 Å². The summed E-state index contributed by atoms with van der Waals surface area (Å²) >= 11 is 1.13. The minimum atomic E-state index is -0.295. The predicted molar refractivity (Wildman–Crippen MR) is 38.0 cm³/mol. The van der Waals surface area contributed by atoms with Crippen molar-refractivity contribution in [2.24, 2.45) is 5.73 Å². The first-order valence-corrected chi connectivity index (χ1v) is 3.79. The molecule has 1 amide bonds. The molecule has 0 aromatic heterocycles. The topological polar surface area (TPSA) is 46.3 Å². The second-order valence-corrected chi connectivity index (χ2v) is 3.15. The average Bonchev–Trinajstić information content (AvgIpc) is 2.15. The van der Waals surface area contributed by atoms with Crippen LogP contribution in [0.2, 0.25) is 0 Å². The van der Waals surface area contributed by atoms with Crippen molar-refractivity contribution < 1.29 is 4.79 Å². The third-order valence-corrected chi connectivity index (χ3v) is 2.09.